The number of thiazole rings is 1. The number of nitrogens with zero attached hydrogens (tertiary/aromatic N) is 3. The second kappa shape index (κ2) is 9.95. The summed E-state index contributed by atoms with van der Waals surface area (Å²) < 4.78 is 4.96. The summed E-state index contributed by atoms with van der Waals surface area (Å²) in [7, 11) is 3.73. The molecule has 2 amide bonds. The van der Waals surface area contributed by atoms with Crippen LogP contribution >= 0.6 is 11.3 Å². The largest absolute Gasteiger partial charge is 0.436 e. The molecule has 0 bridgehead atoms. The zero-order valence-corrected chi connectivity index (χ0v) is 17.6. The SMILES string of the molecule is CN(C)CCC(OC(N)=O)C(=O)Nc1nc(-c2cccc(-c3ccncc3)c2)cs1. The molecule has 156 valence electrons. The third-order valence-corrected chi connectivity index (χ3v) is 5.05. The van der Waals surface area contributed by atoms with Crippen LogP contribution in [0.25, 0.3) is 22.4 Å². The van der Waals surface area contributed by atoms with Crippen LogP contribution in [0.15, 0.2) is 54.2 Å². The Morgan fingerprint density at radius 2 is 1.90 bits per heavy atom. The molecule has 1 atom stereocenters. The van der Waals surface area contributed by atoms with Crippen molar-refractivity contribution in [2.24, 2.45) is 5.73 Å². The van der Waals surface area contributed by atoms with Crippen molar-refractivity contribution in [3.05, 3.63) is 54.2 Å². The summed E-state index contributed by atoms with van der Waals surface area (Å²) in [4.78, 5) is 34.1. The number of carbonyl (C=O) groups excluding carboxylic acids is 2. The molecule has 8 nitrogen and oxygen atoms in total. The van der Waals surface area contributed by atoms with Crippen molar-refractivity contribution in [1.82, 2.24) is 14.9 Å². The molecule has 1 unspecified atom stereocenters. The summed E-state index contributed by atoms with van der Waals surface area (Å²) in [5.41, 5.74) is 8.88. The molecule has 0 spiro atoms. The van der Waals surface area contributed by atoms with Crippen LogP contribution < -0.4 is 11.1 Å². The Bertz CT molecular complexity index is 1010. The van der Waals surface area contributed by atoms with E-state index in [4.69, 9.17) is 10.5 Å². The maximum Gasteiger partial charge on any atom is 0.405 e. The van der Waals surface area contributed by atoms with Crippen LogP contribution in [0.5, 0.6) is 0 Å². The highest BCUT2D eigenvalue weighted by molar-refractivity contribution is 7.14. The van der Waals surface area contributed by atoms with Gasteiger partial charge in [0.15, 0.2) is 11.2 Å². The summed E-state index contributed by atoms with van der Waals surface area (Å²) >= 11 is 1.30. The fourth-order valence-corrected chi connectivity index (χ4v) is 3.53. The molecule has 0 aliphatic carbocycles. The van der Waals surface area contributed by atoms with Crippen molar-refractivity contribution >= 4 is 28.5 Å². The molecule has 0 radical (unpaired) electrons. The Morgan fingerprint density at radius 3 is 2.60 bits per heavy atom. The van der Waals surface area contributed by atoms with Gasteiger partial charge in [-0.25, -0.2) is 9.78 Å². The predicted molar refractivity (Wildman–Crippen MR) is 117 cm³/mol. The molecule has 2 aromatic heterocycles. The molecule has 0 saturated heterocycles. The standard InChI is InChI=1S/C21H23N5O3S/c1-26(2)11-8-18(29-20(22)28)19(27)25-21-24-17(13-30-21)16-5-3-4-15(12-16)14-6-9-23-10-7-14/h3-7,9-10,12-13,18H,8,11H2,1-2H3,(H2,22,28)(H,24,25,27). The van der Waals surface area contributed by atoms with E-state index in [0.29, 0.717) is 18.1 Å². The second-order valence-corrected chi connectivity index (χ2v) is 7.72. The lowest BCUT2D eigenvalue weighted by Crippen LogP contribution is -2.36. The Labute approximate surface area is 178 Å². The summed E-state index contributed by atoms with van der Waals surface area (Å²) in [5.74, 6) is -0.456. The van der Waals surface area contributed by atoms with Gasteiger partial charge in [0, 0.05) is 36.3 Å². The van der Waals surface area contributed by atoms with E-state index in [1.807, 2.05) is 60.8 Å². The van der Waals surface area contributed by atoms with Crippen LogP contribution in [0, 0.1) is 0 Å². The molecule has 0 aliphatic heterocycles. The van der Waals surface area contributed by atoms with E-state index in [9.17, 15) is 9.59 Å². The monoisotopic (exact) mass is 425 g/mol. The molecule has 1 aromatic carbocycles. The number of hydrogen-bond donors (Lipinski definition) is 2. The van der Waals surface area contributed by atoms with Gasteiger partial charge < -0.3 is 15.4 Å². The molecule has 0 saturated carbocycles. The van der Waals surface area contributed by atoms with Gasteiger partial charge in [0.1, 0.15) is 0 Å². The van der Waals surface area contributed by atoms with Gasteiger partial charge in [-0.1, -0.05) is 18.2 Å². The maximum atomic E-state index is 12.5. The molecular formula is C21H23N5O3S. The van der Waals surface area contributed by atoms with Crippen LogP contribution in [0.4, 0.5) is 9.93 Å². The minimum Gasteiger partial charge on any atom is -0.436 e. The first-order valence-electron chi connectivity index (χ1n) is 9.30. The van der Waals surface area contributed by atoms with E-state index in [0.717, 1.165) is 22.4 Å². The van der Waals surface area contributed by atoms with Crippen molar-refractivity contribution in [3.8, 4) is 22.4 Å². The average Bonchev–Trinajstić information content (AvgIpc) is 3.20. The van der Waals surface area contributed by atoms with Gasteiger partial charge >= 0.3 is 6.09 Å². The minimum atomic E-state index is -0.985. The van der Waals surface area contributed by atoms with E-state index < -0.39 is 18.1 Å². The number of carbonyl (C=O) groups is 2. The van der Waals surface area contributed by atoms with Crippen LogP contribution in [-0.2, 0) is 9.53 Å². The van der Waals surface area contributed by atoms with Crippen LogP contribution in [0.1, 0.15) is 6.42 Å². The number of pyridine rings is 1. The van der Waals surface area contributed by atoms with Gasteiger partial charge in [-0.2, -0.15) is 0 Å². The molecular weight excluding hydrogens is 402 g/mol. The highest BCUT2D eigenvalue weighted by atomic mass is 32.1. The zero-order valence-electron chi connectivity index (χ0n) is 16.7. The van der Waals surface area contributed by atoms with Crippen LogP contribution in [0.2, 0.25) is 0 Å². The highest BCUT2D eigenvalue weighted by Gasteiger charge is 2.23. The lowest BCUT2D eigenvalue weighted by atomic mass is 10.0. The fourth-order valence-electron chi connectivity index (χ4n) is 2.81. The molecule has 0 aliphatic rings. The number of primary amides is 1. The van der Waals surface area contributed by atoms with Gasteiger partial charge in [-0.05, 0) is 43.4 Å². The van der Waals surface area contributed by atoms with E-state index in [-0.39, 0.29) is 0 Å². The van der Waals surface area contributed by atoms with Crippen molar-refractivity contribution in [3.63, 3.8) is 0 Å². The maximum absolute atomic E-state index is 12.5. The number of nitrogens with one attached hydrogen (secondary N) is 1. The first-order valence-corrected chi connectivity index (χ1v) is 10.2. The number of nitrogens with two attached hydrogens (primary N) is 1. The number of benzene rings is 1. The molecule has 3 N–H and O–H groups in total. The van der Waals surface area contributed by atoms with E-state index in [1.54, 1.807) is 12.4 Å². The Balaban J connectivity index is 1.73. The summed E-state index contributed by atoms with van der Waals surface area (Å²) in [6.07, 6.45) is 1.86. The van der Waals surface area contributed by atoms with Gasteiger partial charge in [-0.15, -0.1) is 11.3 Å². The lowest BCUT2D eigenvalue weighted by Gasteiger charge is -2.17. The summed E-state index contributed by atoms with van der Waals surface area (Å²) in [6, 6.07) is 11.9. The Morgan fingerprint density at radius 1 is 1.17 bits per heavy atom. The number of anilines is 1. The van der Waals surface area contributed by atoms with Gasteiger partial charge in [0.2, 0.25) is 0 Å². The number of hydrogen-bond acceptors (Lipinski definition) is 7. The zero-order chi connectivity index (χ0) is 21.5. The number of aromatic nitrogens is 2. The molecule has 9 heteroatoms. The topological polar surface area (TPSA) is 110 Å². The van der Waals surface area contributed by atoms with Crippen molar-refractivity contribution in [2.75, 3.05) is 26.0 Å². The summed E-state index contributed by atoms with van der Waals surface area (Å²) in [5, 5.41) is 5.01. The van der Waals surface area contributed by atoms with Gasteiger partial charge in [0.25, 0.3) is 5.91 Å². The van der Waals surface area contributed by atoms with E-state index >= 15 is 0 Å². The molecule has 0 fully saturated rings. The third kappa shape index (κ3) is 5.85. The smallest absolute Gasteiger partial charge is 0.405 e. The van der Waals surface area contributed by atoms with E-state index in [2.05, 4.69) is 15.3 Å². The number of amides is 2. The summed E-state index contributed by atoms with van der Waals surface area (Å²) in [6.45, 7) is 0.566. The van der Waals surface area contributed by atoms with Gasteiger partial charge in [0.05, 0.1) is 5.69 Å². The quantitative estimate of drug-likeness (QED) is 0.573. The average molecular weight is 426 g/mol. The van der Waals surface area contributed by atoms with Crippen LogP contribution in [-0.4, -0.2) is 53.6 Å². The van der Waals surface area contributed by atoms with E-state index in [1.165, 1.54) is 11.3 Å². The molecule has 3 aromatic rings. The fraction of sp³-hybridized carbons (Fsp3) is 0.238. The lowest BCUT2D eigenvalue weighted by molar-refractivity contribution is -0.124. The molecule has 2 heterocycles. The molecule has 3 rings (SSSR count). The Hall–Kier alpha value is -3.30. The highest BCUT2D eigenvalue weighted by Crippen LogP contribution is 2.28. The number of rotatable bonds is 8. The van der Waals surface area contributed by atoms with Crippen LogP contribution in [0.3, 0.4) is 0 Å². The predicted octanol–water partition coefficient (Wildman–Crippen LogP) is 3.23. The normalized spacial score (nSPS) is 11.8. The Kier molecular flexibility index (Phi) is 7.10. The second-order valence-electron chi connectivity index (χ2n) is 6.86. The minimum absolute atomic E-state index is 0.327. The first kappa shape index (κ1) is 21.4. The van der Waals surface area contributed by atoms with Crippen molar-refractivity contribution in [2.45, 2.75) is 12.5 Å². The van der Waals surface area contributed by atoms with Crippen molar-refractivity contribution < 1.29 is 14.3 Å². The molecule has 30 heavy (non-hydrogen) atoms. The van der Waals surface area contributed by atoms with Crippen molar-refractivity contribution in [1.29, 1.82) is 0 Å². The first-order chi connectivity index (χ1) is 14.4. The number of ether oxygens (including phenoxy) is 1. The van der Waals surface area contributed by atoms with Gasteiger partial charge in [-0.3, -0.25) is 15.1 Å². The third-order valence-electron chi connectivity index (χ3n) is 4.30.